The van der Waals surface area contributed by atoms with E-state index in [1.54, 1.807) is 21.9 Å². The first-order valence-corrected chi connectivity index (χ1v) is 11.2. The van der Waals surface area contributed by atoms with Gasteiger partial charge < -0.3 is 14.2 Å². The van der Waals surface area contributed by atoms with Crippen molar-refractivity contribution in [3.05, 3.63) is 54.2 Å². The first-order chi connectivity index (χ1) is 14.4. The van der Waals surface area contributed by atoms with Crippen LogP contribution < -0.4 is 0 Å². The Labute approximate surface area is 173 Å². The van der Waals surface area contributed by atoms with Gasteiger partial charge in [0.1, 0.15) is 11.9 Å². The summed E-state index contributed by atoms with van der Waals surface area (Å²) in [6.45, 7) is 1.59. The van der Waals surface area contributed by atoms with E-state index in [0.29, 0.717) is 39.0 Å². The van der Waals surface area contributed by atoms with Crippen LogP contribution >= 0.6 is 0 Å². The number of rotatable bonds is 4. The first-order valence-electron chi connectivity index (χ1n) is 9.77. The Balaban J connectivity index is 1.43. The Morgan fingerprint density at radius 2 is 1.63 bits per heavy atom. The Kier molecular flexibility index (Phi) is 5.61. The number of hydrogen-bond acceptors (Lipinski definition) is 5. The van der Waals surface area contributed by atoms with Crippen LogP contribution in [0.15, 0.2) is 52.0 Å². The number of sulfonamides is 1. The molecule has 2 aliphatic heterocycles. The van der Waals surface area contributed by atoms with E-state index >= 15 is 0 Å². The lowest BCUT2D eigenvalue weighted by Crippen LogP contribution is -2.55. The largest absolute Gasteiger partial charge is 0.459 e. The number of halogens is 1. The highest BCUT2D eigenvalue weighted by molar-refractivity contribution is 7.89. The third-order valence-corrected chi connectivity index (χ3v) is 7.44. The third-order valence-electron chi connectivity index (χ3n) is 5.52. The van der Waals surface area contributed by atoms with Crippen LogP contribution in [0, 0.1) is 5.82 Å². The number of hydrogen-bond donors (Lipinski definition) is 0. The molecule has 2 fully saturated rings. The van der Waals surface area contributed by atoms with E-state index < -0.39 is 21.9 Å². The normalized spacial score (nSPS) is 20.5. The quantitative estimate of drug-likeness (QED) is 0.727. The Bertz CT molecular complexity index is 1020. The number of benzene rings is 1. The van der Waals surface area contributed by atoms with Gasteiger partial charge in [0, 0.05) is 32.7 Å². The highest BCUT2D eigenvalue weighted by Gasteiger charge is 2.41. The standard InChI is InChI=1S/C20H22FN3O5S/c21-15-5-7-16(8-6-15)30(27,28)24-9-1-3-17(24)19(25)22-10-12-23(13-11-22)20(26)18-4-2-14-29-18/h2,4-8,14,17H,1,3,9-13H2/t17-/m1/s1. The van der Waals surface area contributed by atoms with Crippen LogP contribution in [0.4, 0.5) is 4.39 Å². The van der Waals surface area contributed by atoms with Gasteiger partial charge in [-0.2, -0.15) is 4.31 Å². The molecule has 10 heteroatoms. The van der Waals surface area contributed by atoms with Gasteiger partial charge in [-0.15, -0.1) is 0 Å². The average Bonchev–Trinajstić information content (AvgIpc) is 3.45. The molecule has 0 bridgehead atoms. The molecule has 2 aromatic rings. The van der Waals surface area contributed by atoms with Gasteiger partial charge in [0.2, 0.25) is 15.9 Å². The molecule has 160 valence electrons. The van der Waals surface area contributed by atoms with Crippen LogP contribution in [0.2, 0.25) is 0 Å². The summed E-state index contributed by atoms with van der Waals surface area (Å²) in [6.07, 6.45) is 2.45. The summed E-state index contributed by atoms with van der Waals surface area (Å²) >= 11 is 0. The zero-order chi connectivity index (χ0) is 21.3. The van der Waals surface area contributed by atoms with Crippen LogP contribution in [0.5, 0.6) is 0 Å². The molecule has 3 heterocycles. The first kappa shape index (κ1) is 20.5. The Morgan fingerprint density at radius 3 is 2.27 bits per heavy atom. The van der Waals surface area contributed by atoms with Gasteiger partial charge in [-0.05, 0) is 49.2 Å². The monoisotopic (exact) mass is 435 g/mol. The maximum atomic E-state index is 13.2. The zero-order valence-electron chi connectivity index (χ0n) is 16.2. The van der Waals surface area contributed by atoms with Gasteiger partial charge in [0.15, 0.2) is 5.76 Å². The van der Waals surface area contributed by atoms with Crippen LogP contribution in [-0.4, -0.2) is 73.1 Å². The molecule has 2 amide bonds. The van der Waals surface area contributed by atoms with Crippen molar-refractivity contribution in [2.75, 3.05) is 32.7 Å². The van der Waals surface area contributed by atoms with E-state index in [9.17, 15) is 22.4 Å². The van der Waals surface area contributed by atoms with Gasteiger partial charge >= 0.3 is 0 Å². The molecule has 0 unspecified atom stereocenters. The third kappa shape index (κ3) is 3.84. The fourth-order valence-electron chi connectivity index (χ4n) is 3.91. The molecule has 4 rings (SSSR count). The highest BCUT2D eigenvalue weighted by atomic mass is 32.2. The molecule has 0 saturated carbocycles. The van der Waals surface area contributed by atoms with Crippen LogP contribution in [-0.2, 0) is 14.8 Å². The predicted octanol–water partition coefficient (Wildman–Crippen LogP) is 1.56. The van der Waals surface area contributed by atoms with Crippen molar-refractivity contribution in [2.24, 2.45) is 0 Å². The minimum absolute atomic E-state index is 0.0301. The molecule has 30 heavy (non-hydrogen) atoms. The van der Waals surface area contributed by atoms with Crippen molar-refractivity contribution < 1.29 is 26.8 Å². The number of carbonyl (C=O) groups excluding carboxylic acids is 2. The summed E-state index contributed by atoms with van der Waals surface area (Å²) in [7, 11) is -3.90. The topological polar surface area (TPSA) is 91.1 Å². The van der Waals surface area contributed by atoms with Crippen molar-refractivity contribution >= 4 is 21.8 Å². The van der Waals surface area contributed by atoms with E-state index in [4.69, 9.17) is 4.42 Å². The lowest BCUT2D eigenvalue weighted by molar-refractivity contribution is -0.136. The molecule has 2 saturated heterocycles. The molecule has 2 aliphatic rings. The van der Waals surface area contributed by atoms with E-state index in [1.165, 1.54) is 22.7 Å². The second kappa shape index (κ2) is 8.19. The Hall–Kier alpha value is -2.72. The number of furan rings is 1. The molecule has 1 aromatic carbocycles. The van der Waals surface area contributed by atoms with Crippen LogP contribution in [0.25, 0.3) is 0 Å². The second-order valence-electron chi connectivity index (χ2n) is 7.32. The van der Waals surface area contributed by atoms with Gasteiger partial charge in [-0.1, -0.05) is 0 Å². The summed E-state index contributed by atoms with van der Waals surface area (Å²) in [6, 6.07) is 7.06. The summed E-state index contributed by atoms with van der Waals surface area (Å²) in [5.41, 5.74) is 0. The van der Waals surface area contributed by atoms with Crippen LogP contribution in [0.1, 0.15) is 23.4 Å². The average molecular weight is 435 g/mol. The van der Waals surface area contributed by atoms with Crippen molar-refractivity contribution in [3.8, 4) is 0 Å². The van der Waals surface area contributed by atoms with Gasteiger partial charge in [-0.25, -0.2) is 12.8 Å². The van der Waals surface area contributed by atoms with Crippen LogP contribution in [0.3, 0.4) is 0 Å². The lowest BCUT2D eigenvalue weighted by atomic mass is 10.2. The van der Waals surface area contributed by atoms with E-state index in [-0.39, 0.29) is 29.0 Å². The number of piperazine rings is 1. The zero-order valence-corrected chi connectivity index (χ0v) is 17.1. The number of carbonyl (C=O) groups is 2. The smallest absolute Gasteiger partial charge is 0.289 e. The molecule has 0 spiro atoms. The molecule has 1 atom stereocenters. The molecule has 0 N–H and O–H groups in total. The summed E-state index contributed by atoms with van der Waals surface area (Å²) in [5.74, 6) is -0.760. The lowest BCUT2D eigenvalue weighted by Gasteiger charge is -2.36. The van der Waals surface area contributed by atoms with Crippen molar-refractivity contribution in [2.45, 2.75) is 23.8 Å². The van der Waals surface area contributed by atoms with E-state index in [0.717, 1.165) is 12.1 Å². The molecule has 0 radical (unpaired) electrons. The molecular formula is C20H22FN3O5S. The summed E-state index contributed by atoms with van der Waals surface area (Å²) in [5, 5.41) is 0. The van der Waals surface area contributed by atoms with E-state index in [1.807, 2.05) is 0 Å². The summed E-state index contributed by atoms with van der Waals surface area (Å²) in [4.78, 5) is 28.6. The molecule has 8 nitrogen and oxygen atoms in total. The maximum Gasteiger partial charge on any atom is 0.289 e. The Morgan fingerprint density at radius 1 is 0.967 bits per heavy atom. The highest BCUT2D eigenvalue weighted by Crippen LogP contribution is 2.28. The van der Waals surface area contributed by atoms with Gasteiger partial charge in [0.25, 0.3) is 5.91 Å². The summed E-state index contributed by atoms with van der Waals surface area (Å²) < 4.78 is 45.5. The predicted molar refractivity (Wildman–Crippen MR) is 105 cm³/mol. The molecule has 0 aliphatic carbocycles. The number of nitrogens with zero attached hydrogens (tertiary/aromatic N) is 3. The molecular weight excluding hydrogens is 413 g/mol. The van der Waals surface area contributed by atoms with Crippen molar-refractivity contribution in [1.82, 2.24) is 14.1 Å². The minimum atomic E-state index is -3.90. The van der Waals surface area contributed by atoms with Crippen molar-refractivity contribution in [3.63, 3.8) is 0 Å². The fourth-order valence-corrected chi connectivity index (χ4v) is 5.56. The van der Waals surface area contributed by atoms with Crippen molar-refractivity contribution in [1.29, 1.82) is 0 Å². The van der Waals surface area contributed by atoms with E-state index in [2.05, 4.69) is 0 Å². The fraction of sp³-hybridized carbons (Fsp3) is 0.400. The number of amides is 2. The molecule has 1 aromatic heterocycles. The minimum Gasteiger partial charge on any atom is -0.459 e. The maximum absolute atomic E-state index is 13.2. The van der Waals surface area contributed by atoms with Gasteiger partial charge in [-0.3, -0.25) is 9.59 Å². The second-order valence-corrected chi connectivity index (χ2v) is 9.21. The SMILES string of the molecule is O=C(c1ccco1)N1CCN(C(=O)[C@H]2CCCN2S(=O)(=O)c2ccc(F)cc2)CC1. The van der Waals surface area contributed by atoms with Gasteiger partial charge in [0.05, 0.1) is 11.2 Å².